The molecule has 0 saturated carbocycles. The molecule has 0 aromatic heterocycles. The van der Waals surface area contributed by atoms with Crippen LogP contribution in [0.15, 0.2) is 71.9 Å². The highest BCUT2D eigenvalue weighted by Gasteiger charge is 2.43. The fourth-order valence-electron chi connectivity index (χ4n) is 10.1. The summed E-state index contributed by atoms with van der Waals surface area (Å²) in [5.41, 5.74) is 4.66. The first kappa shape index (κ1) is 61.2. The maximum atomic E-state index is 14.3. The molecule has 2 aromatic rings. The lowest BCUT2D eigenvalue weighted by Crippen LogP contribution is -2.55. The molecule has 19 heteroatoms. The lowest BCUT2D eigenvalue weighted by atomic mass is 9.90. The Kier molecular flexibility index (Phi) is 24.2. The average molecular weight is 1040 g/mol. The van der Waals surface area contributed by atoms with Crippen LogP contribution in [-0.4, -0.2) is 164 Å². The molecule has 0 radical (unpaired) electrons. The normalized spacial score (nSPS) is 18.0. The fraction of sp³-hybridized carbons (Fsp3) is 0.589. The number of carbonyl (C=O) groups excluding carboxylic acids is 8. The van der Waals surface area contributed by atoms with Crippen LogP contribution in [0.2, 0.25) is 0 Å². The van der Waals surface area contributed by atoms with Gasteiger partial charge in [-0.15, -0.1) is 0 Å². The molecule has 412 valence electrons. The van der Waals surface area contributed by atoms with Gasteiger partial charge in [-0.1, -0.05) is 89.9 Å². The Bertz CT molecular complexity index is 2300. The second-order valence-electron chi connectivity index (χ2n) is 20.3. The number of esters is 1. The molecule has 7 amide bonds. The van der Waals surface area contributed by atoms with Gasteiger partial charge in [0.1, 0.15) is 6.10 Å². The Labute approximate surface area is 443 Å². The monoisotopic (exact) mass is 1040 g/mol. The van der Waals surface area contributed by atoms with Gasteiger partial charge in [-0.25, -0.2) is 10.2 Å². The van der Waals surface area contributed by atoms with E-state index < -0.39 is 54.4 Å². The van der Waals surface area contributed by atoms with E-state index in [4.69, 9.17) is 14.2 Å². The van der Waals surface area contributed by atoms with Gasteiger partial charge >= 0.3 is 5.97 Å². The van der Waals surface area contributed by atoms with Crippen LogP contribution >= 0.6 is 0 Å². The summed E-state index contributed by atoms with van der Waals surface area (Å²) in [7, 11) is 8.39. The SMILES string of the molecule is CCC(C)C(C(CC(=O)N1CCCC1C(OC)C(C)C(=O)NC(C)C(OC(=O)c1ccc(/C(C)=N\NC(=O)CCCCCN2C(=O)C=CC2=O)cc1)c1ccccc1)OC)N(C)C(=O)CNC(=O)C(C(C)C)N(C)C. The summed E-state index contributed by atoms with van der Waals surface area (Å²) in [6, 6.07) is 13.7. The van der Waals surface area contributed by atoms with E-state index in [9.17, 15) is 38.4 Å². The van der Waals surface area contributed by atoms with Crippen molar-refractivity contribution in [1.29, 1.82) is 0 Å². The van der Waals surface area contributed by atoms with Crippen molar-refractivity contribution in [3.63, 3.8) is 0 Å². The molecule has 3 N–H and O–H groups in total. The van der Waals surface area contributed by atoms with Crippen LogP contribution in [0.25, 0.3) is 0 Å². The molecule has 2 aromatic carbocycles. The second kappa shape index (κ2) is 29.7. The highest BCUT2D eigenvalue weighted by molar-refractivity contribution is 6.12. The zero-order valence-corrected chi connectivity index (χ0v) is 46.1. The number of nitrogens with zero attached hydrogens (tertiary/aromatic N) is 5. The Morgan fingerprint density at radius 1 is 0.827 bits per heavy atom. The number of ether oxygens (including phenoxy) is 3. The van der Waals surface area contributed by atoms with Crippen molar-refractivity contribution >= 4 is 53.0 Å². The number of amides is 7. The number of likely N-dealkylation sites (tertiary alicyclic amines) is 1. The molecular weight excluding hydrogens is 961 g/mol. The molecule has 9 atom stereocenters. The Hall–Kier alpha value is -6.31. The molecule has 0 bridgehead atoms. The number of methoxy groups -OCH3 is 2. The molecule has 9 unspecified atom stereocenters. The number of nitrogens with one attached hydrogen (secondary N) is 3. The summed E-state index contributed by atoms with van der Waals surface area (Å²) < 4.78 is 18.1. The fourth-order valence-corrected chi connectivity index (χ4v) is 10.1. The summed E-state index contributed by atoms with van der Waals surface area (Å²) in [4.78, 5) is 111. The molecule has 0 spiro atoms. The number of hydrogen-bond acceptors (Lipinski definition) is 13. The van der Waals surface area contributed by atoms with Crippen LogP contribution in [0, 0.1) is 17.8 Å². The number of hydrogen-bond donors (Lipinski definition) is 3. The zero-order chi connectivity index (χ0) is 55.5. The minimum absolute atomic E-state index is 0.0221. The van der Waals surface area contributed by atoms with Crippen LogP contribution in [0.5, 0.6) is 0 Å². The number of likely N-dealkylation sites (N-methyl/N-ethyl adjacent to an activating group) is 2. The third-order valence-corrected chi connectivity index (χ3v) is 14.4. The lowest BCUT2D eigenvalue weighted by molar-refractivity contribution is -0.146. The maximum absolute atomic E-state index is 14.3. The van der Waals surface area contributed by atoms with Gasteiger partial charge in [-0.05, 0) is 88.7 Å². The third kappa shape index (κ3) is 17.1. The van der Waals surface area contributed by atoms with Crippen LogP contribution in [0.1, 0.15) is 127 Å². The first-order valence-electron chi connectivity index (χ1n) is 26.2. The molecule has 75 heavy (non-hydrogen) atoms. The van der Waals surface area contributed by atoms with Crippen molar-refractivity contribution in [2.24, 2.45) is 22.9 Å². The maximum Gasteiger partial charge on any atom is 0.338 e. The molecule has 2 aliphatic rings. The molecule has 1 fully saturated rings. The molecule has 2 heterocycles. The summed E-state index contributed by atoms with van der Waals surface area (Å²) in [5.74, 6) is -3.38. The number of imide groups is 1. The van der Waals surface area contributed by atoms with Crippen LogP contribution in [-0.2, 0) is 47.8 Å². The van der Waals surface area contributed by atoms with Gasteiger partial charge in [-0.3, -0.25) is 43.4 Å². The Morgan fingerprint density at radius 3 is 2.05 bits per heavy atom. The van der Waals surface area contributed by atoms with Crippen molar-refractivity contribution in [2.75, 3.05) is 55.0 Å². The Balaban J connectivity index is 1.37. The summed E-state index contributed by atoms with van der Waals surface area (Å²) in [6.07, 6.45) is 4.27. The van der Waals surface area contributed by atoms with Gasteiger partial charge in [0.05, 0.1) is 66.5 Å². The molecule has 19 nitrogen and oxygen atoms in total. The van der Waals surface area contributed by atoms with Gasteiger partial charge in [0, 0.05) is 52.9 Å². The molecule has 4 rings (SSSR count). The minimum atomic E-state index is -0.887. The van der Waals surface area contributed by atoms with Crippen molar-refractivity contribution in [1.82, 2.24) is 35.7 Å². The van der Waals surface area contributed by atoms with Gasteiger partial charge in [0.2, 0.25) is 29.5 Å². The van der Waals surface area contributed by atoms with Gasteiger partial charge in [0.15, 0.2) is 0 Å². The van der Waals surface area contributed by atoms with E-state index in [0.717, 1.165) is 0 Å². The topological polar surface area (TPSA) is 226 Å². The van der Waals surface area contributed by atoms with Gasteiger partial charge in [0.25, 0.3) is 11.8 Å². The zero-order valence-electron chi connectivity index (χ0n) is 46.1. The lowest BCUT2D eigenvalue weighted by Gasteiger charge is -2.39. The summed E-state index contributed by atoms with van der Waals surface area (Å²) in [5, 5.41) is 10.1. The molecule has 1 saturated heterocycles. The number of carbonyl (C=O) groups is 8. The number of hydrazone groups is 1. The standard InChI is InChI=1S/C56H82N8O11/c1-13-36(4)51(62(10)49(69)34-57-55(71)50(35(2)3)61(8)9)44(73-11)33-48(68)63-32-20-23-43(63)52(74-12)37(5)54(70)58-39(7)53(41-21-16-14-17-22-41)75-56(72)42-27-25-40(26-28-42)38(6)59-60-45(65)24-18-15-19-31-64-46(66)29-30-47(64)67/h14,16-17,21-22,25-30,35-37,39,43-44,50-53H,13,15,18-20,23-24,31-34H2,1-12H3,(H,57,71)(H,58,70)(H,60,65)/b59-38-. The van der Waals surface area contributed by atoms with E-state index in [2.05, 4.69) is 21.2 Å². The summed E-state index contributed by atoms with van der Waals surface area (Å²) >= 11 is 0. The van der Waals surface area contributed by atoms with E-state index in [1.807, 2.05) is 77.0 Å². The largest absolute Gasteiger partial charge is 0.452 e. The number of unbranched alkanes of at least 4 members (excludes halogenated alkanes) is 2. The second-order valence-corrected chi connectivity index (χ2v) is 20.3. The molecular formula is C56H82N8O11. The van der Waals surface area contributed by atoms with Crippen molar-refractivity contribution in [3.05, 3.63) is 83.4 Å². The summed E-state index contributed by atoms with van der Waals surface area (Å²) in [6.45, 7) is 13.7. The van der Waals surface area contributed by atoms with Crippen molar-refractivity contribution < 1.29 is 52.6 Å². The van der Waals surface area contributed by atoms with E-state index in [1.165, 1.54) is 31.3 Å². The quantitative estimate of drug-likeness (QED) is 0.0321. The first-order valence-corrected chi connectivity index (χ1v) is 26.2. The van der Waals surface area contributed by atoms with E-state index >= 15 is 0 Å². The predicted octanol–water partition coefficient (Wildman–Crippen LogP) is 5.04. The Morgan fingerprint density at radius 2 is 1.47 bits per heavy atom. The van der Waals surface area contributed by atoms with E-state index in [1.54, 1.807) is 61.9 Å². The van der Waals surface area contributed by atoms with E-state index in [-0.39, 0.29) is 78.1 Å². The average Bonchev–Trinajstić information content (AvgIpc) is 4.01. The smallest absolute Gasteiger partial charge is 0.338 e. The number of benzene rings is 2. The third-order valence-electron chi connectivity index (χ3n) is 14.4. The molecule has 0 aliphatic carbocycles. The van der Waals surface area contributed by atoms with Crippen molar-refractivity contribution in [3.8, 4) is 0 Å². The van der Waals surface area contributed by atoms with Crippen LogP contribution in [0.3, 0.4) is 0 Å². The predicted molar refractivity (Wildman–Crippen MR) is 285 cm³/mol. The van der Waals surface area contributed by atoms with Gasteiger partial charge < -0.3 is 34.6 Å². The first-order chi connectivity index (χ1) is 35.6. The van der Waals surface area contributed by atoms with E-state index in [0.29, 0.717) is 68.5 Å². The van der Waals surface area contributed by atoms with Crippen LogP contribution in [0.4, 0.5) is 0 Å². The minimum Gasteiger partial charge on any atom is -0.452 e. The highest BCUT2D eigenvalue weighted by Crippen LogP contribution is 2.30. The van der Waals surface area contributed by atoms with Gasteiger partial charge in [-0.2, -0.15) is 5.10 Å². The molecule has 2 aliphatic heterocycles. The van der Waals surface area contributed by atoms with Crippen molar-refractivity contribution in [2.45, 2.75) is 142 Å². The highest BCUT2D eigenvalue weighted by atomic mass is 16.5. The van der Waals surface area contributed by atoms with Crippen LogP contribution < -0.4 is 16.1 Å². The number of rotatable bonds is 29.